The van der Waals surface area contributed by atoms with Gasteiger partial charge in [0.25, 0.3) is 0 Å². The highest BCUT2D eigenvalue weighted by Crippen LogP contribution is 2.27. The van der Waals surface area contributed by atoms with Crippen LogP contribution in [-0.2, 0) is 14.6 Å². The van der Waals surface area contributed by atoms with Crippen molar-refractivity contribution in [3.63, 3.8) is 0 Å². The number of sulfone groups is 1. The van der Waals surface area contributed by atoms with Gasteiger partial charge in [-0.1, -0.05) is 23.2 Å². The van der Waals surface area contributed by atoms with Crippen LogP contribution in [-0.4, -0.2) is 62.6 Å². The minimum absolute atomic E-state index is 0.0216. The molecule has 6 nitrogen and oxygen atoms in total. The van der Waals surface area contributed by atoms with E-state index in [2.05, 4.69) is 0 Å². The number of benzene rings is 1. The monoisotopic (exact) mass is 408 g/mol. The van der Waals surface area contributed by atoms with Gasteiger partial charge in [0.05, 0.1) is 29.2 Å². The van der Waals surface area contributed by atoms with Crippen LogP contribution in [0.15, 0.2) is 18.2 Å². The molecule has 0 bridgehead atoms. The number of halogens is 2. The first kappa shape index (κ1) is 20.3. The van der Waals surface area contributed by atoms with Crippen molar-refractivity contribution in [1.82, 2.24) is 10.0 Å². The SMILES string of the molecule is CN(C)N(C(=O)CCCOc1ccc(Cl)cc1Cl)C1CCS(=O)(=O)C1. The lowest BCUT2D eigenvalue weighted by atomic mass is 10.2. The largest absolute Gasteiger partial charge is 0.492 e. The maximum atomic E-state index is 12.5. The fraction of sp³-hybridized carbons (Fsp3) is 0.562. The second kappa shape index (κ2) is 8.58. The van der Waals surface area contributed by atoms with E-state index in [0.29, 0.717) is 35.2 Å². The van der Waals surface area contributed by atoms with E-state index in [0.717, 1.165) is 0 Å². The van der Waals surface area contributed by atoms with Gasteiger partial charge in [-0.05, 0) is 31.0 Å². The standard InChI is InChI=1S/C16H22Cl2N2O4S/c1-19(2)20(13-7-9-25(22,23)11-13)16(21)4-3-8-24-15-6-5-12(17)10-14(15)18/h5-6,10,13H,3-4,7-9,11H2,1-2H3. The predicted molar refractivity (Wildman–Crippen MR) is 98.8 cm³/mol. The molecule has 1 atom stereocenters. The van der Waals surface area contributed by atoms with Crippen molar-refractivity contribution >= 4 is 38.9 Å². The Hall–Kier alpha value is -1.02. The lowest BCUT2D eigenvalue weighted by Gasteiger charge is -2.33. The topological polar surface area (TPSA) is 66.9 Å². The smallest absolute Gasteiger partial charge is 0.237 e. The fourth-order valence-corrected chi connectivity index (χ4v) is 4.99. The summed E-state index contributed by atoms with van der Waals surface area (Å²) in [5.74, 6) is 0.559. The van der Waals surface area contributed by atoms with Gasteiger partial charge in [0.15, 0.2) is 9.84 Å². The molecule has 140 valence electrons. The fourth-order valence-electron chi connectivity index (χ4n) is 2.83. The van der Waals surface area contributed by atoms with Crippen molar-refractivity contribution in [2.45, 2.75) is 25.3 Å². The predicted octanol–water partition coefficient (Wildman–Crippen LogP) is 2.64. The highest BCUT2D eigenvalue weighted by Gasteiger charge is 2.35. The zero-order valence-electron chi connectivity index (χ0n) is 14.2. The van der Waals surface area contributed by atoms with E-state index in [1.54, 1.807) is 42.3 Å². The average Bonchev–Trinajstić information content (AvgIpc) is 2.85. The van der Waals surface area contributed by atoms with E-state index in [1.807, 2.05) is 0 Å². The molecule has 0 radical (unpaired) electrons. The molecule has 1 saturated heterocycles. The normalized spacial score (nSPS) is 19.2. The van der Waals surface area contributed by atoms with E-state index >= 15 is 0 Å². The van der Waals surface area contributed by atoms with Crippen molar-refractivity contribution < 1.29 is 17.9 Å². The van der Waals surface area contributed by atoms with Gasteiger partial charge in [-0.15, -0.1) is 0 Å². The Balaban J connectivity index is 1.85. The summed E-state index contributed by atoms with van der Waals surface area (Å²) in [5, 5.41) is 4.15. The highest BCUT2D eigenvalue weighted by atomic mass is 35.5. The summed E-state index contributed by atoms with van der Waals surface area (Å²) in [6.45, 7) is 0.331. The van der Waals surface area contributed by atoms with Gasteiger partial charge in [0.1, 0.15) is 5.75 Å². The van der Waals surface area contributed by atoms with Gasteiger partial charge in [0.2, 0.25) is 5.91 Å². The summed E-state index contributed by atoms with van der Waals surface area (Å²) in [6.07, 6.45) is 1.24. The minimum atomic E-state index is -3.05. The summed E-state index contributed by atoms with van der Waals surface area (Å²) < 4.78 is 28.9. The molecule has 1 aromatic rings. The molecule has 25 heavy (non-hydrogen) atoms. The third kappa shape index (κ3) is 5.74. The first-order valence-electron chi connectivity index (χ1n) is 7.97. The van der Waals surface area contributed by atoms with Crippen LogP contribution in [0.25, 0.3) is 0 Å². The van der Waals surface area contributed by atoms with E-state index in [-0.39, 0.29) is 29.9 Å². The number of hydrazine groups is 1. The molecule has 1 aliphatic rings. The second-order valence-electron chi connectivity index (χ2n) is 6.17. The molecule has 0 saturated carbocycles. The van der Waals surface area contributed by atoms with Crippen molar-refractivity contribution in [2.75, 3.05) is 32.2 Å². The lowest BCUT2D eigenvalue weighted by molar-refractivity contribution is -0.149. The molecule has 9 heteroatoms. The summed E-state index contributed by atoms with van der Waals surface area (Å²) in [4.78, 5) is 12.5. The summed E-state index contributed by atoms with van der Waals surface area (Å²) in [5.41, 5.74) is 0. The van der Waals surface area contributed by atoms with E-state index in [4.69, 9.17) is 27.9 Å². The van der Waals surface area contributed by atoms with Gasteiger partial charge in [-0.3, -0.25) is 9.80 Å². The Morgan fingerprint density at radius 2 is 2.04 bits per heavy atom. The highest BCUT2D eigenvalue weighted by molar-refractivity contribution is 7.91. The third-order valence-corrected chi connectivity index (χ3v) is 6.21. The van der Waals surface area contributed by atoms with E-state index in [1.165, 1.54) is 0 Å². The van der Waals surface area contributed by atoms with Crippen LogP contribution in [0.3, 0.4) is 0 Å². The number of carbonyl (C=O) groups is 1. The Kier molecular flexibility index (Phi) is 6.96. The van der Waals surface area contributed by atoms with Gasteiger partial charge in [-0.25, -0.2) is 13.4 Å². The third-order valence-electron chi connectivity index (χ3n) is 3.93. The number of hydrogen-bond acceptors (Lipinski definition) is 5. The molecule has 1 unspecified atom stereocenters. The number of ether oxygens (including phenoxy) is 1. The Bertz CT molecular complexity index is 725. The van der Waals surface area contributed by atoms with E-state index < -0.39 is 9.84 Å². The van der Waals surface area contributed by atoms with Crippen molar-refractivity contribution in [3.05, 3.63) is 28.2 Å². The maximum Gasteiger partial charge on any atom is 0.237 e. The lowest BCUT2D eigenvalue weighted by Crippen LogP contribution is -2.49. The number of amides is 1. The number of carbonyl (C=O) groups excluding carboxylic acids is 1. The number of hydrogen-bond donors (Lipinski definition) is 0. The van der Waals surface area contributed by atoms with Crippen LogP contribution in [0.4, 0.5) is 0 Å². The Morgan fingerprint density at radius 1 is 1.32 bits per heavy atom. The van der Waals surface area contributed by atoms with Gasteiger partial charge < -0.3 is 4.74 Å². The average molecular weight is 409 g/mol. The molecule has 2 rings (SSSR count). The zero-order chi connectivity index (χ0) is 18.6. The molecule has 1 aliphatic heterocycles. The summed E-state index contributed by atoms with van der Waals surface area (Å²) >= 11 is 11.9. The first-order valence-corrected chi connectivity index (χ1v) is 10.5. The van der Waals surface area contributed by atoms with Crippen molar-refractivity contribution in [2.24, 2.45) is 0 Å². The maximum absolute atomic E-state index is 12.5. The molecule has 0 N–H and O–H groups in total. The van der Waals surface area contributed by atoms with Gasteiger partial charge in [0, 0.05) is 25.5 Å². The second-order valence-corrected chi connectivity index (χ2v) is 9.24. The Labute approximate surface area is 158 Å². The summed E-state index contributed by atoms with van der Waals surface area (Å²) in [6, 6.07) is 4.67. The minimum Gasteiger partial charge on any atom is -0.492 e. The van der Waals surface area contributed by atoms with Gasteiger partial charge in [-0.2, -0.15) is 0 Å². The Morgan fingerprint density at radius 3 is 2.60 bits per heavy atom. The van der Waals surface area contributed by atoms with Crippen LogP contribution < -0.4 is 4.74 Å². The molecule has 0 aromatic heterocycles. The van der Waals surface area contributed by atoms with Crippen LogP contribution in [0.2, 0.25) is 10.0 Å². The van der Waals surface area contributed by atoms with Crippen LogP contribution >= 0.6 is 23.2 Å². The molecule has 1 fully saturated rings. The molecule has 1 amide bonds. The molecule has 0 spiro atoms. The molecular formula is C16H22Cl2N2O4S. The molecule has 0 aliphatic carbocycles. The molecule has 1 heterocycles. The number of rotatable bonds is 7. The van der Waals surface area contributed by atoms with Crippen LogP contribution in [0.1, 0.15) is 19.3 Å². The van der Waals surface area contributed by atoms with Crippen LogP contribution in [0.5, 0.6) is 5.75 Å². The summed E-state index contributed by atoms with van der Waals surface area (Å²) in [7, 11) is 0.438. The molecule has 1 aromatic carbocycles. The first-order chi connectivity index (χ1) is 11.7. The van der Waals surface area contributed by atoms with Crippen molar-refractivity contribution in [3.8, 4) is 5.75 Å². The zero-order valence-corrected chi connectivity index (χ0v) is 16.6. The molecular weight excluding hydrogens is 387 g/mol. The quantitative estimate of drug-likeness (QED) is 0.512. The van der Waals surface area contributed by atoms with Gasteiger partial charge >= 0.3 is 0 Å². The number of nitrogens with zero attached hydrogens (tertiary/aromatic N) is 2. The van der Waals surface area contributed by atoms with Crippen LogP contribution in [0, 0.1) is 0 Å². The van der Waals surface area contributed by atoms with E-state index in [9.17, 15) is 13.2 Å². The van der Waals surface area contributed by atoms with Crippen molar-refractivity contribution in [1.29, 1.82) is 0 Å².